The normalized spacial score (nSPS) is 15.4. The molecule has 0 saturated heterocycles. The van der Waals surface area contributed by atoms with E-state index in [4.69, 9.17) is 4.74 Å². The Bertz CT molecular complexity index is 841. The van der Waals surface area contributed by atoms with Crippen LogP contribution in [0.5, 0.6) is 0 Å². The summed E-state index contributed by atoms with van der Waals surface area (Å²) in [6.45, 7) is 4.58. The maximum absolute atomic E-state index is 12.6. The molecule has 0 fully saturated rings. The molecule has 0 radical (unpaired) electrons. The molecule has 3 rings (SSSR count). The number of nitrogens with one attached hydrogen (secondary N) is 1. The molecule has 1 heterocycles. The maximum Gasteiger partial charge on any atom is 0.337 e. The van der Waals surface area contributed by atoms with E-state index in [9.17, 15) is 9.59 Å². The second-order valence-corrected chi connectivity index (χ2v) is 9.20. The van der Waals surface area contributed by atoms with E-state index in [-0.39, 0.29) is 5.91 Å². The van der Waals surface area contributed by atoms with Crippen LogP contribution < -0.4 is 5.32 Å². The molecule has 0 atom stereocenters. The van der Waals surface area contributed by atoms with E-state index in [2.05, 4.69) is 41.8 Å². The van der Waals surface area contributed by atoms with Gasteiger partial charge >= 0.3 is 5.97 Å². The summed E-state index contributed by atoms with van der Waals surface area (Å²) in [4.78, 5) is 25.6. The Labute approximate surface area is 165 Å². The summed E-state index contributed by atoms with van der Waals surface area (Å²) in [6.07, 6.45) is 3.28. The van der Waals surface area contributed by atoms with Crippen molar-refractivity contribution in [3.8, 4) is 0 Å². The molecule has 1 N–H and O–H groups in total. The van der Waals surface area contributed by atoms with Crippen molar-refractivity contribution in [2.45, 2.75) is 33.1 Å². The number of halogens is 1. The lowest BCUT2D eigenvalue weighted by molar-refractivity contribution is 0.0600. The minimum Gasteiger partial charge on any atom is -0.465 e. The van der Waals surface area contributed by atoms with Crippen molar-refractivity contribution >= 4 is 50.8 Å². The molecule has 1 amide bonds. The number of carbonyl (C=O) groups is 2. The number of rotatable bonds is 3. The van der Waals surface area contributed by atoms with Crippen LogP contribution in [0.4, 0.5) is 5.00 Å². The van der Waals surface area contributed by atoms with Gasteiger partial charge in [0.15, 0.2) is 0 Å². The molecule has 0 saturated carbocycles. The fraction of sp³-hybridized carbons (Fsp3) is 0.368. The second-order valence-electron chi connectivity index (χ2n) is 7.01. The Morgan fingerprint density at radius 2 is 2.00 bits per heavy atom. The van der Waals surface area contributed by atoms with E-state index in [1.165, 1.54) is 24.0 Å². The van der Waals surface area contributed by atoms with Crippen LogP contribution in [0.1, 0.15) is 51.4 Å². The summed E-state index contributed by atoms with van der Waals surface area (Å²) < 4.78 is 5.86. The summed E-state index contributed by atoms with van der Waals surface area (Å²) in [5, 5.41) is 3.91. The van der Waals surface area contributed by atoms with Crippen LogP contribution in [0, 0.1) is 8.99 Å². The Kier molecular flexibility index (Phi) is 5.20. The second kappa shape index (κ2) is 7.07. The number of methoxy groups -OCH3 is 1. The Morgan fingerprint density at radius 3 is 2.72 bits per heavy atom. The molecule has 6 heteroatoms. The van der Waals surface area contributed by atoms with Gasteiger partial charge < -0.3 is 10.1 Å². The zero-order valence-electron chi connectivity index (χ0n) is 14.4. The van der Waals surface area contributed by atoms with Crippen LogP contribution in [0.15, 0.2) is 24.3 Å². The first kappa shape index (κ1) is 18.4. The monoisotopic (exact) mass is 469 g/mol. The molecule has 1 aliphatic rings. The van der Waals surface area contributed by atoms with E-state index in [0.717, 1.165) is 21.4 Å². The van der Waals surface area contributed by atoms with Gasteiger partial charge in [0.2, 0.25) is 0 Å². The van der Waals surface area contributed by atoms with Crippen LogP contribution in [0.3, 0.4) is 0 Å². The number of hydrogen-bond acceptors (Lipinski definition) is 4. The molecule has 0 aliphatic heterocycles. The zero-order chi connectivity index (χ0) is 18.2. The average molecular weight is 469 g/mol. The first-order valence-corrected chi connectivity index (χ1v) is 10.00. The van der Waals surface area contributed by atoms with Gasteiger partial charge in [-0.15, -0.1) is 11.3 Å². The first-order chi connectivity index (χ1) is 11.8. The highest BCUT2D eigenvalue weighted by molar-refractivity contribution is 14.1. The molecule has 132 valence electrons. The molecule has 1 aliphatic carbocycles. The third-order valence-electron chi connectivity index (χ3n) is 4.49. The van der Waals surface area contributed by atoms with E-state index >= 15 is 0 Å². The summed E-state index contributed by atoms with van der Waals surface area (Å²) in [5.41, 5.74) is 2.52. The summed E-state index contributed by atoms with van der Waals surface area (Å²) >= 11 is 4.00. The lowest BCUT2D eigenvalue weighted by atomic mass is 9.78. The molecule has 25 heavy (non-hydrogen) atoms. The van der Waals surface area contributed by atoms with Gasteiger partial charge in [-0.05, 0) is 71.0 Å². The number of esters is 1. The van der Waals surface area contributed by atoms with E-state index in [0.29, 0.717) is 16.5 Å². The lowest BCUT2D eigenvalue weighted by Crippen LogP contribution is -2.20. The Hall–Kier alpha value is -1.41. The van der Waals surface area contributed by atoms with Crippen molar-refractivity contribution < 1.29 is 14.3 Å². The fourth-order valence-corrected chi connectivity index (χ4v) is 5.66. The summed E-state index contributed by atoms with van der Waals surface area (Å²) in [5.74, 6) is -0.653. The number of hydrogen-bond donors (Lipinski definition) is 1. The fourth-order valence-electron chi connectivity index (χ4n) is 3.03. The number of carbonyl (C=O) groups excluding carboxylic acids is 2. The van der Waals surface area contributed by atoms with E-state index < -0.39 is 5.97 Å². The van der Waals surface area contributed by atoms with Crippen LogP contribution in [-0.4, -0.2) is 19.0 Å². The number of amides is 1. The van der Waals surface area contributed by atoms with Gasteiger partial charge in [-0.1, -0.05) is 19.9 Å². The molecule has 0 bridgehead atoms. The van der Waals surface area contributed by atoms with Gasteiger partial charge in [-0.3, -0.25) is 4.79 Å². The van der Waals surface area contributed by atoms with Crippen molar-refractivity contribution in [2.75, 3.05) is 12.4 Å². The van der Waals surface area contributed by atoms with Gasteiger partial charge in [-0.25, -0.2) is 4.79 Å². The van der Waals surface area contributed by atoms with Gasteiger partial charge in [-0.2, -0.15) is 0 Å². The van der Waals surface area contributed by atoms with Crippen LogP contribution in [0.25, 0.3) is 0 Å². The minimum atomic E-state index is -0.446. The van der Waals surface area contributed by atoms with E-state index in [1.807, 2.05) is 0 Å². The van der Waals surface area contributed by atoms with Gasteiger partial charge in [0, 0.05) is 10.4 Å². The van der Waals surface area contributed by atoms with Crippen molar-refractivity contribution in [1.82, 2.24) is 0 Å². The molecule has 1 aromatic carbocycles. The Morgan fingerprint density at radius 1 is 1.28 bits per heavy atom. The first-order valence-electron chi connectivity index (χ1n) is 8.10. The van der Waals surface area contributed by atoms with Crippen molar-refractivity contribution in [3.63, 3.8) is 0 Å². The number of benzene rings is 1. The quantitative estimate of drug-likeness (QED) is 0.514. The van der Waals surface area contributed by atoms with E-state index in [1.54, 1.807) is 35.6 Å². The number of fused-ring (bicyclic) bond motifs is 1. The van der Waals surface area contributed by atoms with Gasteiger partial charge in [0.05, 0.1) is 16.2 Å². The minimum absolute atomic E-state index is 0.207. The molecule has 0 unspecified atom stereocenters. The van der Waals surface area contributed by atoms with Crippen molar-refractivity contribution in [3.05, 3.63) is 49.4 Å². The predicted molar refractivity (Wildman–Crippen MR) is 109 cm³/mol. The lowest BCUT2D eigenvalue weighted by Gasteiger charge is -2.29. The Balaban J connectivity index is 1.83. The van der Waals surface area contributed by atoms with Gasteiger partial charge in [0.25, 0.3) is 5.91 Å². The number of thiophene rings is 1. The smallest absolute Gasteiger partial charge is 0.337 e. The van der Waals surface area contributed by atoms with Gasteiger partial charge in [0.1, 0.15) is 5.00 Å². The zero-order valence-corrected chi connectivity index (χ0v) is 17.4. The maximum atomic E-state index is 12.6. The highest BCUT2D eigenvalue weighted by Crippen LogP contribution is 2.44. The molecular weight excluding hydrogens is 449 g/mol. The molecule has 1 aromatic heterocycles. The SMILES string of the molecule is COC(=O)c1cccc(C(=O)Nc2sc3c(c2I)CCC(C)(C)C3)c1. The molecule has 0 spiro atoms. The number of ether oxygens (including phenoxy) is 1. The third-order valence-corrected chi connectivity index (χ3v) is 7.19. The van der Waals surface area contributed by atoms with Crippen LogP contribution >= 0.6 is 33.9 Å². The number of anilines is 1. The van der Waals surface area contributed by atoms with Crippen molar-refractivity contribution in [1.29, 1.82) is 0 Å². The average Bonchev–Trinajstić information content (AvgIpc) is 2.88. The molecule has 4 nitrogen and oxygen atoms in total. The standard InChI is InChI=1S/C19H20INO3S/c1-19(2)8-7-13-14(10-19)25-17(15(13)20)21-16(22)11-5-4-6-12(9-11)18(23)24-3/h4-6,9H,7-8,10H2,1-3H3,(H,21,22). The predicted octanol–water partition coefficient (Wildman–Crippen LogP) is 4.91. The topological polar surface area (TPSA) is 55.4 Å². The summed E-state index contributed by atoms with van der Waals surface area (Å²) in [6, 6.07) is 6.59. The van der Waals surface area contributed by atoms with Crippen molar-refractivity contribution in [2.24, 2.45) is 5.41 Å². The highest BCUT2D eigenvalue weighted by Gasteiger charge is 2.30. The third kappa shape index (κ3) is 3.89. The van der Waals surface area contributed by atoms with Crippen LogP contribution in [0.2, 0.25) is 0 Å². The molecular formula is C19H20INO3S. The molecule has 2 aromatic rings. The summed E-state index contributed by atoms with van der Waals surface area (Å²) in [7, 11) is 1.33. The largest absolute Gasteiger partial charge is 0.465 e. The van der Waals surface area contributed by atoms with Crippen LogP contribution in [-0.2, 0) is 17.6 Å². The highest BCUT2D eigenvalue weighted by atomic mass is 127.